The molecule has 1 aliphatic heterocycles. The van der Waals surface area contributed by atoms with Crippen LogP contribution in [0.15, 0.2) is 27.8 Å². The van der Waals surface area contributed by atoms with E-state index in [1.165, 1.54) is 14.1 Å². The molecule has 1 aromatic carbocycles. The maximum atomic E-state index is 12.1. The van der Waals surface area contributed by atoms with E-state index in [2.05, 4.69) is 10.6 Å². The number of carbonyl (C=O) groups excluding carboxylic acids is 1. The topological polar surface area (TPSA) is 130 Å². The fourth-order valence-corrected chi connectivity index (χ4v) is 2.85. The Hall–Kier alpha value is -3.43. The van der Waals surface area contributed by atoms with E-state index in [9.17, 15) is 14.4 Å². The predicted molar refractivity (Wildman–Crippen MR) is 104 cm³/mol. The van der Waals surface area contributed by atoms with Gasteiger partial charge in [0.2, 0.25) is 5.91 Å². The molecule has 0 unspecified atom stereocenters. The molecule has 0 bridgehead atoms. The smallest absolute Gasteiger partial charge is 0.332 e. The summed E-state index contributed by atoms with van der Waals surface area (Å²) in [5.41, 5.74) is 5.72. The lowest BCUT2D eigenvalue weighted by atomic mass is 10.1. The Balaban J connectivity index is 1.53. The molecule has 0 aliphatic carbocycles. The van der Waals surface area contributed by atoms with Gasteiger partial charge >= 0.3 is 5.69 Å². The molecule has 1 aromatic heterocycles. The van der Waals surface area contributed by atoms with Crippen molar-refractivity contribution < 1.29 is 14.3 Å². The second-order valence-electron chi connectivity index (χ2n) is 6.40. The van der Waals surface area contributed by atoms with Gasteiger partial charge in [-0.25, -0.2) is 4.79 Å². The first-order valence-corrected chi connectivity index (χ1v) is 8.83. The van der Waals surface area contributed by atoms with E-state index in [1.54, 1.807) is 0 Å². The summed E-state index contributed by atoms with van der Waals surface area (Å²) in [7, 11) is 2.80. The van der Waals surface area contributed by atoms with Crippen molar-refractivity contribution in [3.8, 4) is 11.5 Å². The molecule has 4 N–H and O–H groups in total. The standard InChI is InChI=1S/C18H23N5O5/c1-22-16(19)15(17(25)23(2)18(22)26)21-10-14(24)20-6-5-11-3-4-12-13(9-11)28-8-7-27-12/h3-4,9,21H,5-8,10,19H2,1-2H3,(H,20,24). The number of rotatable bonds is 6. The van der Waals surface area contributed by atoms with Crippen molar-refractivity contribution in [2.24, 2.45) is 14.1 Å². The van der Waals surface area contributed by atoms with Crippen LogP contribution in [0.1, 0.15) is 5.56 Å². The average Bonchev–Trinajstić information content (AvgIpc) is 2.70. The van der Waals surface area contributed by atoms with Crippen LogP contribution in [0, 0.1) is 0 Å². The highest BCUT2D eigenvalue weighted by Gasteiger charge is 2.14. The summed E-state index contributed by atoms with van der Waals surface area (Å²) in [5.74, 6) is 1.11. The molecule has 0 fully saturated rings. The Bertz CT molecular complexity index is 1010. The van der Waals surface area contributed by atoms with Crippen LogP contribution in [-0.4, -0.2) is 41.3 Å². The predicted octanol–water partition coefficient (Wildman–Crippen LogP) is -0.792. The number of nitrogens with zero attached hydrogens (tertiary/aromatic N) is 2. The Morgan fingerprint density at radius 2 is 1.86 bits per heavy atom. The van der Waals surface area contributed by atoms with Crippen LogP contribution in [0.25, 0.3) is 0 Å². The Kier molecular flexibility index (Phi) is 5.57. The number of nitrogen functional groups attached to an aromatic ring is 1. The molecule has 3 rings (SSSR count). The molecule has 28 heavy (non-hydrogen) atoms. The van der Waals surface area contributed by atoms with Gasteiger partial charge in [0.1, 0.15) is 24.7 Å². The minimum atomic E-state index is -0.579. The number of aromatic nitrogens is 2. The van der Waals surface area contributed by atoms with Crippen LogP contribution >= 0.6 is 0 Å². The third-order valence-electron chi connectivity index (χ3n) is 4.48. The molecule has 0 atom stereocenters. The van der Waals surface area contributed by atoms with Gasteiger partial charge in [-0.05, 0) is 24.1 Å². The van der Waals surface area contributed by atoms with Gasteiger partial charge in [0.05, 0.1) is 6.54 Å². The Morgan fingerprint density at radius 1 is 1.14 bits per heavy atom. The Labute approximate surface area is 160 Å². The van der Waals surface area contributed by atoms with Crippen molar-refractivity contribution in [1.29, 1.82) is 0 Å². The highest BCUT2D eigenvalue weighted by molar-refractivity contribution is 5.81. The third kappa shape index (κ3) is 3.95. The molecule has 1 aliphatic rings. The Morgan fingerprint density at radius 3 is 2.61 bits per heavy atom. The summed E-state index contributed by atoms with van der Waals surface area (Å²) in [5, 5.41) is 5.48. The van der Waals surface area contributed by atoms with E-state index in [0.717, 1.165) is 20.4 Å². The number of hydrogen-bond donors (Lipinski definition) is 3. The van der Waals surface area contributed by atoms with Crippen LogP contribution < -0.4 is 37.1 Å². The molecule has 1 amide bonds. The number of hydrogen-bond acceptors (Lipinski definition) is 7. The average molecular weight is 389 g/mol. The fourth-order valence-electron chi connectivity index (χ4n) is 2.85. The van der Waals surface area contributed by atoms with E-state index in [-0.39, 0.29) is 24.0 Å². The quantitative estimate of drug-likeness (QED) is 0.590. The minimum absolute atomic E-state index is 0.0165. The molecule has 0 saturated heterocycles. The van der Waals surface area contributed by atoms with Gasteiger partial charge < -0.3 is 25.8 Å². The summed E-state index contributed by atoms with van der Waals surface area (Å²) < 4.78 is 13.1. The first kappa shape index (κ1) is 19.3. The molecule has 0 saturated carbocycles. The number of ether oxygens (including phenoxy) is 2. The van der Waals surface area contributed by atoms with E-state index >= 15 is 0 Å². The first-order valence-electron chi connectivity index (χ1n) is 8.83. The number of fused-ring (bicyclic) bond motifs is 1. The maximum Gasteiger partial charge on any atom is 0.332 e. The third-order valence-corrected chi connectivity index (χ3v) is 4.48. The zero-order valence-corrected chi connectivity index (χ0v) is 15.8. The van der Waals surface area contributed by atoms with Gasteiger partial charge in [0.15, 0.2) is 11.5 Å². The molecule has 10 nitrogen and oxygen atoms in total. The zero-order valence-electron chi connectivity index (χ0n) is 15.8. The summed E-state index contributed by atoms with van der Waals surface area (Å²) in [6.07, 6.45) is 0.617. The van der Waals surface area contributed by atoms with E-state index in [0.29, 0.717) is 31.9 Å². The lowest BCUT2D eigenvalue weighted by Crippen LogP contribution is -2.41. The van der Waals surface area contributed by atoms with Gasteiger partial charge in [0.25, 0.3) is 5.56 Å². The summed E-state index contributed by atoms with van der Waals surface area (Å²) in [4.78, 5) is 36.0. The van der Waals surface area contributed by atoms with E-state index < -0.39 is 11.2 Å². The van der Waals surface area contributed by atoms with Gasteiger partial charge in [-0.3, -0.25) is 18.7 Å². The van der Waals surface area contributed by atoms with Crippen LogP contribution in [0.5, 0.6) is 11.5 Å². The van der Waals surface area contributed by atoms with Crippen molar-refractivity contribution >= 4 is 17.4 Å². The van der Waals surface area contributed by atoms with Gasteiger partial charge in [-0.2, -0.15) is 0 Å². The van der Waals surface area contributed by atoms with Gasteiger partial charge in [-0.1, -0.05) is 6.07 Å². The molecular weight excluding hydrogens is 366 g/mol. The lowest BCUT2D eigenvalue weighted by Gasteiger charge is -2.19. The zero-order chi connectivity index (χ0) is 20.3. The molecule has 0 spiro atoms. The molecule has 0 radical (unpaired) electrons. The van der Waals surface area contributed by atoms with Crippen LogP contribution in [0.4, 0.5) is 11.5 Å². The number of nitrogens with two attached hydrogens (primary N) is 1. The van der Waals surface area contributed by atoms with Crippen LogP contribution in [0.2, 0.25) is 0 Å². The van der Waals surface area contributed by atoms with Crippen molar-refractivity contribution in [2.45, 2.75) is 6.42 Å². The second kappa shape index (κ2) is 8.07. The summed E-state index contributed by atoms with van der Waals surface area (Å²) in [6.45, 7) is 1.34. The monoisotopic (exact) mass is 389 g/mol. The number of amides is 1. The normalized spacial score (nSPS) is 12.5. The van der Waals surface area contributed by atoms with Crippen LogP contribution in [0.3, 0.4) is 0 Å². The van der Waals surface area contributed by atoms with Crippen molar-refractivity contribution in [3.63, 3.8) is 0 Å². The number of benzene rings is 1. The highest BCUT2D eigenvalue weighted by atomic mass is 16.6. The van der Waals surface area contributed by atoms with Crippen molar-refractivity contribution in [3.05, 3.63) is 44.6 Å². The molecule has 2 heterocycles. The number of anilines is 2. The molecule has 10 heteroatoms. The highest BCUT2D eigenvalue weighted by Crippen LogP contribution is 2.30. The van der Waals surface area contributed by atoms with Crippen molar-refractivity contribution in [1.82, 2.24) is 14.5 Å². The lowest BCUT2D eigenvalue weighted by molar-refractivity contribution is -0.119. The van der Waals surface area contributed by atoms with Gasteiger partial charge in [0, 0.05) is 20.6 Å². The summed E-state index contributed by atoms with van der Waals surface area (Å²) >= 11 is 0. The molecular formula is C18H23N5O5. The largest absolute Gasteiger partial charge is 0.486 e. The van der Waals surface area contributed by atoms with E-state index in [4.69, 9.17) is 15.2 Å². The summed E-state index contributed by atoms with van der Waals surface area (Å²) in [6, 6.07) is 5.67. The van der Waals surface area contributed by atoms with Crippen LogP contribution in [-0.2, 0) is 25.3 Å². The molecule has 150 valence electrons. The van der Waals surface area contributed by atoms with E-state index in [1.807, 2.05) is 18.2 Å². The second-order valence-corrected chi connectivity index (χ2v) is 6.40. The fraction of sp³-hybridized carbons (Fsp3) is 0.389. The maximum absolute atomic E-state index is 12.1. The number of nitrogens with one attached hydrogen (secondary N) is 2. The SMILES string of the molecule is Cn1c(N)c(NCC(=O)NCCc2ccc3c(c2)OCCO3)c(=O)n(C)c1=O. The first-order chi connectivity index (χ1) is 13.4. The minimum Gasteiger partial charge on any atom is -0.486 e. The number of carbonyl (C=O) groups is 1. The van der Waals surface area contributed by atoms with Crippen molar-refractivity contribution in [2.75, 3.05) is 37.4 Å². The van der Waals surface area contributed by atoms with Gasteiger partial charge in [-0.15, -0.1) is 0 Å². The molecule has 2 aromatic rings.